The molecule has 0 unspecified atom stereocenters. The van der Waals surface area contributed by atoms with E-state index in [1.165, 1.54) is 0 Å². The summed E-state index contributed by atoms with van der Waals surface area (Å²) in [5.74, 6) is 0. The zero-order chi connectivity index (χ0) is 11.0. The predicted molar refractivity (Wildman–Crippen MR) is 62.1 cm³/mol. The lowest BCUT2D eigenvalue weighted by Gasteiger charge is -2.36. The van der Waals surface area contributed by atoms with Crippen LogP contribution in [0.15, 0.2) is 0 Å². The molecular weight excluding hydrogens is 192 g/mol. The average Bonchev–Trinajstić information content (AvgIpc) is 2.77. The second-order valence-corrected chi connectivity index (χ2v) is 10.5. The first-order chi connectivity index (χ1) is 6.28. The van der Waals surface area contributed by atoms with Crippen LogP contribution in [-0.2, 0) is 9.16 Å². The molecule has 0 aromatic rings. The minimum absolute atomic E-state index is 0.309. The Morgan fingerprint density at radius 2 is 1.79 bits per heavy atom. The molecule has 0 radical (unpaired) electrons. The van der Waals surface area contributed by atoms with Crippen LogP contribution in [0.5, 0.6) is 0 Å². The van der Waals surface area contributed by atoms with E-state index in [4.69, 9.17) is 9.16 Å². The molecule has 1 fully saturated rings. The van der Waals surface area contributed by atoms with Crippen LogP contribution in [0.2, 0.25) is 18.1 Å². The van der Waals surface area contributed by atoms with Crippen LogP contribution in [0.1, 0.15) is 34.1 Å². The SMILES string of the molecule is CC[C@H]1O[C@H]1CO[Si](C)(C)C(C)(C)C. The molecule has 1 aliphatic rings. The topological polar surface area (TPSA) is 21.8 Å². The summed E-state index contributed by atoms with van der Waals surface area (Å²) < 4.78 is 11.5. The van der Waals surface area contributed by atoms with Crippen molar-refractivity contribution in [1.29, 1.82) is 0 Å². The van der Waals surface area contributed by atoms with E-state index in [1.807, 2.05) is 0 Å². The minimum Gasteiger partial charge on any atom is -0.414 e. The Hall–Kier alpha value is 0.137. The van der Waals surface area contributed by atoms with Gasteiger partial charge in [0.2, 0.25) is 0 Å². The lowest BCUT2D eigenvalue weighted by Crippen LogP contribution is -2.41. The Bertz CT molecular complexity index is 196. The Balaban J connectivity index is 2.31. The zero-order valence-corrected chi connectivity index (χ0v) is 11.4. The van der Waals surface area contributed by atoms with Gasteiger partial charge in [-0.2, -0.15) is 0 Å². The van der Waals surface area contributed by atoms with Gasteiger partial charge in [-0.1, -0.05) is 27.7 Å². The first kappa shape index (κ1) is 12.2. The van der Waals surface area contributed by atoms with E-state index >= 15 is 0 Å². The van der Waals surface area contributed by atoms with Gasteiger partial charge in [0.1, 0.15) is 6.10 Å². The molecule has 84 valence electrons. The molecule has 1 aliphatic heterocycles. The zero-order valence-electron chi connectivity index (χ0n) is 10.4. The fourth-order valence-corrected chi connectivity index (χ4v) is 2.21. The maximum Gasteiger partial charge on any atom is 0.192 e. The van der Waals surface area contributed by atoms with Gasteiger partial charge in [-0.05, 0) is 24.6 Å². The summed E-state index contributed by atoms with van der Waals surface area (Å²) in [5, 5.41) is 0.309. The van der Waals surface area contributed by atoms with Crippen LogP contribution in [0.4, 0.5) is 0 Å². The average molecular weight is 216 g/mol. The lowest BCUT2D eigenvalue weighted by molar-refractivity contribution is 0.241. The van der Waals surface area contributed by atoms with Gasteiger partial charge in [0.25, 0.3) is 0 Å². The van der Waals surface area contributed by atoms with Crippen LogP contribution >= 0.6 is 0 Å². The molecule has 1 saturated heterocycles. The quantitative estimate of drug-likeness (QED) is 0.532. The molecule has 2 atom stereocenters. The van der Waals surface area contributed by atoms with Gasteiger partial charge in [0.15, 0.2) is 8.32 Å². The van der Waals surface area contributed by atoms with Crippen LogP contribution in [0, 0.1) is 0 Å². The van der Waals surface area contributed by atoms with Gasteiger partial charge in [0.05, 0.1) is 12.7 Å². The second-order valence-electron chi connectivity index (χ2n) is 5.69. The van der Waals surface area contributed by atoms with Crippen molar-refractivity contribution in [2.45, 2.75) is 64.5 Å². The van der Waals surface area contributed by atoms with Crippen molar-refractivity contribution in [2.24, 2.45) is 0 Å². The fraction of sp³-hybridized carbons (Fsp3) is 1.00. The van der Waals surface area contributed by atoms with Crippen molar-refractivity contribution in [3.63, 3.8) is 0 Å². The van der Waals surface area contributed by atoms with Crippen molar-refractivity contribution in [1.82, 2.24) is 0 Å². The van der Waals surface area contributed by atoms with Crippen molar-refractivity contribution < 1.29 is 9.16 Å². The van der Waals surface area contributed by atoms with Gasteiger partial charge in [0, 0.05) is 0 Å². The van der Waals surface area contributed by atoms with Crippen LogP contribution in [0.25, 0.3) is 0 Å². The van der Waals surface area contributed by atoms with Crippen molar-refractivity contribution in [3.8, 4) is 0 Å². The number of rotatable bonds is 4. The molecule has 14 heavy (non-hydrogen) atoms. The fourth-order valence-electron chi connectivity index (χ4n) is 1.19. The second kappa shape index (κ2) is 3.95. The number of hydrogen-bond donors (Lipinski definition) is 0. The largest absolute Gasteiger partial charge is 0.414 e. The van der Waals surface area contributed by atoms with E-state index in [0.717, 1.165) is 13.0 Å². The summed E-state index contributed by atoms with van der Waals surface area (Å²) >= 11 is 0. The van der Waals surface area contributed by atoms with E-state index < -0.39 is 8.32 Å². The number of epoxide rings is 1. The number of hydrogen-bond acceptors (Lipinski definition) is 2. The highest BCUT2D eigenvalue weighted by Crippen LogP contribution is 2.37. The Kier molecular flexibility index (Phi) is 3.44. The molecule has 1 heterocycles. The summed E-state index contributed by atoms with van der Waals surface area (Å²) in [4.78, 5) is 0. The van der Waals surface area contributed by atoms with Gasteiger partial charge in [-0.25, -0.2) is 0 Å². The molecule has 0 saturated carbocycles. The highest BCUT2D eigenvalue weighted by Gasteiger charge is 2.42. The van der Waals surface area contributed by atoms with Crippen molar-refractivity contribution in [2.75, 3.05) is 6.61 Å². The molecule has 0 amide bonds. The van der Waals surface area contributed by atoms with E-state index in [2.05, 4.69) is 40.8 Å². The predicted octanol–water partition coefficient (Wildman–Crippen LogP) is 3.19. The Morgan fingerprint density at radius 1 is 1.21 bits per heavy atom. The molecule has 0 spiro atoms. The minimum atomic E-state index is -1.55. The molecule has 1 rings (SSSR count). The molecule has 0 aliphatic carbocycles. The first-order valence-corrected chi connectivity index (χ1v) is 8.48. The van der Waals surface area contributed by atoms with Crippen LogP contribution in [0.3, 0.4) is 0 Å². The standard InChI is InChI=1S/C11H24O2Si/c1-7-9-10(13-9)8-12-14(5,6)11(2,3)4/h9-10H,7-8H2,1-6H3/t9-,10+/m1/s1. The third kappa shape index (κ3) is 2.81. The molecule has 0 aromatic carbocycles. The van der Waals surface area contributed by atoms with Crippen molar-refractivity contribution >= 4 is 8.32 Å². The van der Waals surface area contributed by atoms with Crippen LogP contribution in [-0.4, -0.2) is 27.1 Å². The summed E-state index contributed by atoms with van der Waals surface area (Å²) in [6.45, 7) is 14.3. The number of ether oxygens (including phenoxy) is 1. The summed E-state index contributed by atoms with van der Waals surface area (Å²) in [6.07, 6.45) is 1.97. The highest BCUT2D eigenvalue weighted by molar-refractivity contribution is 6.74. The molecule has 3 heteroatoms. The first-order valence-electron chi connectivity index (χ1n) is 5.57. The highest BCUT2D eigenvalue weighted by atomic mass is 28.4. The molecule has 0 bridgehead atoms. The monoisotopic (exact) mass is 216 g/mol. The molecule has 0 aromatic heterocycles. The Morgan fingerprint density at radius 3 is 2.14 bits per heavy atom. The maximum absolute atomic E-state index is 6.06. The van der Waals surface area contributed by atoms with Gasteiger partial charge in [-0.15, -0.1) is 0 Å². The lowest BCUT2D eigenvalue weighted by atomic mass is 10.2. The van der Waals surface area contributed by atoms with E-state index in [1.54, 1.807) is 0 Å². The molecule has 0 N–H and O–H groups in total. The molecule has 2 nitrogen and oxygen atoms in total. The Labute approximate surface area is 89.1 Å². The van der Waals surface area contributed by atoms with Crippen molar-refractivity contribution in [3.05, 3.63) is 0 Å². The third-order valence-electron chi connectivity index (χ3n) is 3.50. The maximum atomic E-state index is 6.06. The summed E-state index contributed by atoms with van der Waals surface area (Å²) in [7, 11) is -1.55. The smallest absolute Gasteiger partial charge is 0.192 e. The van der Waals surface area contributed by atoms with E-state index in [-0.39, 0.29) is 0 Å². The van der Waals surface area contributed by atoms with Gasteiger partial charge < -0.3 is 9.16 Å². The van der Waals surface area contributed by atoms with E-state index in [9.17, 15) is 0 Å². The summed E-state index contributed by atoms with van der Waals surface area (Å²) in [6, 6.07) is 0. The van der Waals surface area contributed by atoms with Gasteiger partial charge >= 0.3 is 0 Å². The van der Waals surface area contributed by atoms with E-state index in [0.29, 0.717) is 17.2 Å². The van der Waals surface area contributed by atoms with Crippen LogP contribution < -0.4 is 0 Å². The molecular formula is C11H24O2Si. The summed E-state index contributed by atoms with van der Waals surface area (Å²) in [5.41, 5.74) is 0. The normalized spacial score (nSPS) is 27.9. The van der Waals surface area contributed by atoms with Gasteiger partial charge in [-0.3, -0.25) is 0 Å². The third-order valence-corrected chi connectivity index (χ3v) is 8.01.